The van der Waals surface area contributed by atoms with Crippen LogP contribution in [0.25, 0.3) is 11.3 Å². The van der Waals surface area contributed by atoms with Gasteiger partial charge in [0.2, 0.25) is 6.41 Å². The standard InChI is InChI=1S/C17H20F3N3.C7H13NOS/c1-10(2)23-14-7-5-4-6-11(14)16(22-23)12-8-15(17(3,19)20)21-9-13(12)18;1-7(8-6-9)2-4-10-5-3-7/h8-10H,4-7H2,1-3H3;6H,2-5H2,1H3,(H,8,9). The van der Waals surface area contributed by atoms with Crippen LogP contribution in [-0.4, -0.2) is 38.2 Å². The average Bonchev–Trinajstić information content (AvgIpc) is 3.14. The fourth-order valence-electron chi connectivity index (χ4n) is 4.24. The maximum Gasteiger partial charge on any atom is 0.286 e. The number of carbonyl (C=O) groups excluding carboxylic acids is 1. The number of hydrogen-bond acceptors (Lipinski definition) is 4. The highest BCUT2D eigenvalue weighted by Gasteiger charge is 2.30. The first-order valence-corrected chi connectivity index (χ1v) is 12.6. The number of pyridine rings is 1. The van der Waals surface area contributed by atoms with E-state index in [-0.39, 0.29) is 17.1 Å². The molecule has 3 heterocycles. The summed E-state index contributed by atoms with van der Waals surface area (Å²) < 4.78 is 43.3. The lowest BCUT2D eigenvalue weighted by Gasteiger charge is -2.32. The zero-order chi connectivity index (χ0) is 24.2. The first-order chi connectivity index (χ1) is 15.6. The molecule has 2 aliphatic rings. The number of alkyl halides is 2. The molecule has 0 atom stereocenters. The minimum absolute atomic E-state index is 0.0903. The number of rotatable bonds is 5. The van der Waals surface area contributed by atoms with Crippen LogP contribution in [0.4, 0.5) is 13.2 Å². The zero-order valence-corrected chi connectivity index (χ0v) is 20.6. The third-order valence-corrected chi connectivity index (χ3v) is 7.25. The molecule has 2 aromatic heterocycles. The molecule has 1 fully saturated rings. The van der Waals surface area contributed by atoms with Crippen molar-refractivity contribution in [3.05, 3.63) is 35.0 Å². The number of nitrogens with one attached hydrogen (secondary N) is 1. The quantitative estimate of drug-likeness (QED) is 0.558. The number of amides is 1. The second-order valence-corrected chi connectivity index (χ2v) is 10.6. The summed E-state index contributed by atoms with van der Waals surface area (Å²) in [5.41, 5.74) is 2.35. The van der Waals surface area contributed by atoms with Crippen molar-refractivity contribution < 1.29 is 18.0 Å². The summed E-state index contributed by atoms with van der Waals surface area (Å²) in [6, 6.07) is 1.28. The summed E-state index contributed by atoms with van der Waals surface area (Å²) in [6.07, 6.45) is 7.67. The van der Waals surface area contributed by atoms with Gasteiger partial charge in [-0.25, -0.2) is 4.39 Å². The van der Waals surface area contributed by atoms with Crippen LogP contribution in [0.3, 0.4) is 0 Å². The van der Waals surface area contributed by atoms with Crippen molar-refractivity contribution in [2.24, 2.45) is 0 Å². The van der Waals surface area contributed by atoms with E-state index in [1.54, 1.807) is 0 Å². The van der Waals surface area contributed by atoms with Gasteiger partial charge in [-0.2, -0.15) is 25.6 Å². The van der Waals surface area contributed by atoms with Gasteiger partial charge in [0.25, 0.3) is 5.92 Å². The molecule has 1 aliphatic heterocycles. The lowest BCUT2D eigenvalue weighted by Crippen LogP contribution is -2.44. The summed E-state index contributed by atoms with van der Waals surface area (Å²) >= 11 is 1.97. The summed E-state index contributed by atoms with van der Waals surface area (Å²) in [5.74, 6) is -1.36. The molecule has 1 saturated heterocycles. The smallest absolute Gasteiger partial charge is 0.286 e. The average molecular weight is 483 g/mol. The number of nitrogens with zero attached hydrogens (tertiary/aromatic N) is 3. The predicted molar refractivity (Wildman–Crippen MR) is 126 cm³/mol. The van der Waals surface area contributed by atoms with Crippen LogP contribution in [0.1, 0.15) is 76.4 Å². The maximum atomic E-state index is 14.3. The van der Waals surface area contributed by atoms with Crippen molar-refractivity contribution in [3.8, 4) is 11.3 Å². The van der Waals surface area contributed by atoms with Crippen LogP contribution in [-0.2, 0) is 23.6 Å². The number of aromatic nitrogens is 3. The van der Waals surface area contributed by atoms with Gasteiger partial charge in [-0.05, 0) is 76.9 Å². The SMILES string of the molecule is CC(C)n1nc(-c2cc(C(C)(F)F)ncc2F)c2c1CCCC2.CC1(NC=O)CCSCC1. The number of carbonyl (C=O) groups is 1. The van der Waals surface area contributed by atoms with Crippen LogP contribution in [0.15, 0.2) is 12.3 Å². The van der Waals surface area contributed by atoms with Gasteiger partial charge >= 0.3 is 0 Å². The summed E-state index contributed by atoms with van der Waals surface area (Å²) in [7, 11) is 0. The van der Waals surface area contributed by atoms with Crippen molar-refractivity contribution in [3.63, 3.8) is 0 Å². The lowest BCUT2D eigenvalue weighted by atomic mass is 9.93. The van der Waals surface area contributed by atoms with Crippen LogP contribution >= 0.6 is 11.8 Å². The van der Waals surface area contributed by atoms with E-state index in [9.17, 15) is 18.0 Å². The lowest BCUT2D eigenvalue weighted by molar-refractivity contribution is -0.111. The van der Waals surface area contributed by atoms with Crippen molar-refractivity contribution in [1.82, 2.24) is 20.1 Å². The maximum absolute atomic E-state index is 14.3. The summed E-state index contributed by atoms with van der Waals surface area (Å²) in [6.45, 7) is 6.90. The second-order valence-electron chi connectivity index (χ2n) is 9.39. The Balaban J connectivity index is 0.000000257. The molecule has 0 aromatic carbocycles. The molecule has 0 radical (unpaired) electrons. The van der Waals surface area contributed by atoms with Crippen LogP contribution < -0.4 is 5.32 Å². The van der Waals surface area contributed by atoms with Gasteiger partial charge in [-0.3, -0.25) is 14.5 Å². The minimum atomic E-state index is -3.11. The highest BCUT2D eigenvalue weighted by Crippen LogP contribution is 2.36. The normalized spacial score (nSPS) is 17.7. The Morgan fingerprint density at radius 1 is 1.24 bits per heavy atom. The Labute approximate surface area is 197 Å². The number of thioether (sulfide) groups is 1. The number of halogens is 3. The molecule has 182 valence electrons. The Kier molecular flexibility index (Phi) is 8.13. The Hall–Kier alpha value is -2.03. The third kappa shape index (κ3) is 6.11. The van der Waals surface area contributed by atoms with Gasteiger partial charge in [-0.1, -0.05) is 0 Å². The van der Waals surface area contributed by atoms with E-state index in [2.05, 4.69) is 22.3 Å². The molecule has 4 rings (SSSR count). The van der Waals surface area contributed by atoms with Gasteiger partial charge in [0.15, 0.2) is 5.82 Å². The van der Waals surface area contributed by atoms with Gasteiger partial charge in [0.05, 0.1) is 11.9 Å². The molecule has 0 bridgehead atoms. The number of fused-ring (bicyclic) bond motifs is 1. The van der Waals surface area contributed by atoms with Crippen LogP contribution in [0.2, 0.25) is 0 Å². The monoisotopic (exact) mass is 482 g/mol. The van der Waals surface area contributed by atoms with Gasteiger partial charge in [0, 0.05) is 35.3 Å². The van der Waals surface area contributed by atoms with Gasteiger partial charge in [-0.15, -0.1) is 0 Å². The molecule has 0 spiro atoms. The molecule has 33 heavy (non-hydrogen) atoms. The third-order valence-electron chi connectivity index (χ3n) is 6.26. The predicted octanol–water partition coefficient (Wildman–Crippen LogP) is 5.67. The van der Waals surface area contributed by atoms with Crippen molar-refractivity contribution in [1.29, 1.82) is 0 Å². The van der Waals surface area contributed by atoms with E-state index in [4.69, 9.17) is 0 Å². The largest absolute Gasteiger partial charge is 0.353 e. The second kappa shape index (κ2) is 10.5. The van der Waals surface area contributed by atoms with E-state index < -0.39 is 17.4 Å². The molecule has 2 aromatic rings. The van der Waals surface area contributed by atoms with E-state index in [0.717, 1.165) is 75.4 Å². The Morgan fingerprint density at radius 3 is 2.52 bits per heavy atom. The fraction of sp³-hybridized carbons (Fsp3) is 0.625. The van der Waals surface area contributed by atoms with E-state index >= 15 is 0 Å². The molecule has 0 unspecified atom stereocenters. The zero-order valence-electron chi connectivity index (χ0n) is 19.8. The molecule has 0 saturated carbocycles. The molecule has 9 heteroatoms. The van der Waals surface area contributed by atoms with Gasteiger partial charge < -0.3 is 5.32 Å². The summed E-state index contributed by atoms with van der Waals surface area (Å²) in [4.78, 5) is 13.7. The molecule has 1 aliphatic carbocycles. The van der Waals surface area contributed by atoms with Crippen LogP contribution in [0, 0.1) is 5.82 Å². The molecular weight excluding hydrogens is 449 g/mol. The summed E-state index contributed by atoms with van der Waals surface area (Å²) in [5, 5.41) is 7.42. The Morgan fingerprint density at radius 2 is 1.91 bits per heavy atom. The van der Waals surface area contributed by atoms with Crippen molar-refractivity contribution in [2.45, 2.75) is 83.7 Å². The molecular formula is C24H33F3N4OS. The first kappa shape index (κ1) is 25.6. The molecule has 5 nitrogen and oxygen atoms in total. The van der Waals surface area contributed by atoms with E-state index in [1.165, 1.54) is 11.5 Å². The highest BCUT2D eigenvalue weighted by molar-refractivity contribution is 7.99. The topological polar surface area (TPSA) is 59.8 Å². The fourth-order valence-corrected chi connectivity index (χ4v) is 5.63. The van der Waals surface area contributed by atoms with Crippen molar-refractivity contribution >= 4 is 18.2 Å². The first-order valence-electron chi connectivity index (χ1n) is 11.5. The Bertz CT molecular complexity index is 965. The van der Waals surface area contributed by atoms with Gasteiger partial charge in [0.1, 0.15) is 5.69 Å². The minimum Gasteiger partial charge on any atom is -0.353 e. The van der Waals surface area contributed by atoms with E-state index in [1.807, 2.05) is 30.3 Å². The molecule has 1 N–H and O–H groups in total. The highest BCUT2D eigenvalue weighted by atomic mass is 32.2. The number of hydrogen-bond donors (Lipinski definition) is 1. The molecule has 1 amide bonds. The van der Waals surface area contributed by atoms with E-state index in [0.29, 0.717) is 5.69 Å². The van der Waals surface area contributed by atoms with Crippen molar-refractivity contribution in [2.75, 3.05) is 11.5 Å². The van der Waals surface area contributed by atoms with Crippen LogP contribution in [0.5, 0.6) is 0 Å².